The fourth-order valence-corrected chi connectivity index (χ4v) is 3.40. The summed E-state index contributed by atoms with van der Waals surface area (Å²) in [6.45, 7) is 0. The van der Waals surface area contributed by atoms with E-state index in [0.717, 1.165) is 12.1 Å². The zero-order valence-corrected chi connectivity index (χ0v) is 11.9. The standard InChI is InChI=1S/C13H10F2N4O2S/c14-8-2-9(15)4-10(3-8)22(20,21)6-7-1-11-12(16)18-19-13(11)17-5-7/h1-5H,6H2,(H3,16,17,18,19). The van der Waals surface area contributed by atoms with Crippen molar-refractivity contribution in [3.8, 4) is 0 Å². The van der Waals surface area contributed by atoms with E-state index in [-0.39, 0.29) is 5.82 Å². The zero-order chi connectivity index (χ0) is 15.9. The molecule has 0 unspecified atom stereocenters. The molecule has 0 saturated heterocycles. The molecule has 6 nitrogen and oxygen atoms in total. The van der Waals surface area contributed by atoms with Crippen LogP contribution in [0.2, 0.25) is 0 Å². The number of aromatic nitrogens is 3. The van der Waals surface area contributed by atoms with E-state index in [0.29, 0.717) is 22.7 Å². The van der Waals surface area contributed by atoms with Crippen LogP contribution >= 0.6 is 0 Å². The van der Waals surface area contributed by atoms with Gasteiger partial charge in [-0.1, -0.05) is 0 Å². The third-order valence-corrected chi connectivity index (χ3v) is 4.71. The number of nitrogen functional groups attached to an aromatic ring is 1. The van der Waals surface area contributed by atoms with Crippen molar-refractivity contribution < 1.29 is 17.2 Å². The van der Waals surface area contributed by atoms with E-state index in [1.54, 1.807) is 0 Å². The minimum absolute atomic E-state index is 0.263. The van der Waals surface area contributed by atoms with Crippen LogP contribution in [-0.4, -0.2) is 23.6 Å². The Morgan fingerprint density at radius 1 is 1.14 bits per heavy atom. The highest BCUT2D eigenvalue weighted by Gasteiger charge is 2.18. The number of halogens is 2. The lowest BCUT2D eigenvalue weighted by atomic mass is 10.2. The average molecular weight is 324 g/mol. The maximum atomic E-state index is 13.2. The van der Waals surface area contributed by atoms with Crippen LogP contribution in [0.3, 0.4) is 0 Å². The molecule has 0 spiro atoms. The Labute approximate surface area is 123 Å². The fraction of sp³-hybridized carbons (Fsp3) is 0.0769. The fourth-order valence-electron chi connectivity index (χ4n) is 2.05. The van der Waals surface area contributed by atoms with E-state index >= 15 is 0 Å². The van der Waals surface area contributed by atoms with E-state index in [4.69, 9.17) is 5.73 Å². The number of anilines is 1. The first-order valence-electron chi connectivity index (χ1n) is 6.12. The molecule has 0 atom stereocenters. The predicted molar refractivity (Wildman–Crippen MR) is 75.5 cm³/mol. The molecular weight excluding hydrogens is 314 g/mol. The number of sulfone groups is 1. The first kappa shape index (κ1) is 14.4. The van der Waals surface area contributed by atoms with Crippen molar-refractivity contribution in [3.63, 3.8) is 0 Å². The monoisotopic (exact) mass is 324 g/mol. The lowest BCUT2D eigenvalue weighted by Crippen LogP contribution is -2.06. The molecule has 0 aliphatic rings. The van der Waals surface area contributed by atoms with Gasteiger partial charge in [-0.2, -0.15) is 5.10 Å². The lowest BCUT2D eigenvalue weighted by molar-refractivity contribution is 0.566. The van der Waals surface area contributed by atoms with E-state index in [9.17, 15) is 17.2 Å². The number of rotatable bonds is 3. The summed E-state index contributed by atoms with van der Waals surface area (Å²) >= 11 is 0. The number of H-pyrrole nitrogens is 1. The van der Waals surface area contributed by atoms with Gasteiger partial charge in [0.05, 0.1) is 16.0 Å². The molecule has 0 bridgehead atoms. The Morgan fingerprint density at radius 3 is 2.50 bits per heavy atom. The van der Waals surface area contributed by atoms with Gasteiger partial charge in [-0.3, -0.25) is 5.10 Å². The Morgan fingerprint density at radius 2 is 1.82 bits per heavy atom. The Balaban J connectivity index is 2.00. The topological polar surface area (TPSA) is 102 Å². The van der Waals surface area contributed by atoms with Gasteiger partial charge in [0, 0.05) is 12.3 Å². The number of pyridine rings is 1. The number of nitrogens with one attached hydrogen (secondary N) is 1. The number of nitrogens with two attached hydrogens (primary N) is 1. The number of aromatic amines is 1. The van der Waals surface area contributed by atoms with Gasteiger partial charge in [-0.05, 0) is 23.8 Å². The van der Waals surface area contributed by atoms with Crippen molar-refractivity contribution in [2.75, 3.05) is 5.73 Å². The molecule has 3 rings (SSSR count). The average Bonchev–Trinajstić information content (AvgIpc) is 2.79. The minimum Gasteiger partial charge on any atom is -0.384 e. The summed E-state index contributed by atoms with van der Waals surface area (Å²) < 4.78 is 50.8. The number of hydrogen-bond acceptors (Lipinski definition) is 5. The van der Waals surface area contributed by atoms with Crippen molar-refractivity contribution in [2.24, 2.45) is 0 Å². The van der Waals surface area contributed by atoms with Crippen molar-refractivity contribution in [3.05, 3.63) is 47.7 Å². The van der Waals surface area contributed by atoms with Crippen LogP contribution in [0, 0.1) is 11.6 Å². The van der Waals surface area contributed by atoms with Crippen molar-refractivity contribution in [2.45, 2.75) is 10.6 Å². The van der Waals surface area contributed by atoms with Crippen LogP contribution in [0.5, 0.6) is 0 Å². The molecule has 9 heteroatoms. The van der Waals surface area contributed by atoms with Crippen molar-refractivity contribution in [1.29, 1.82) is 0 Å². The molecule has 0 amide bonds. The van der Waals surface area contributed by atoms with Crippen molar-refractivity contribution >= 4 is 26.7 Å². The second-order valence-electron chi connectivity index (χ2n) is 4.72. The van der Waals surface area contributed by atoms with Gasteiger partial charge in [0.2, 0.25) is 0 Å². The maximum absolute atomic E-state index is 13.2. The van der Waals surface area contributed by atoms with Gasteiger partial charge in [-0.15, -0.1) is 0 Å². The Kier molecular flexibility index (Phi) is 3.28. The molecule has 2 heterocycles. The minimum atomic E-state index is -3.91. The van der Waals surface area contributed by atoms with Crippen LogP contribution in [0.1, 0.15) is 5.56 Å². The second kappa shape index (κ2) is 5.02. The van der Waals surface area contributed by atoms with Gasteiger partial charge in [0.15, 0.2) is 15.5 Å². The molecule has 3 N–H and O–H groups in total. The normalized spacial score (nSPS) is 11.9. The summed E-state index contributed by atoms with van der Waals surface area (Å²) in [5.74, 6) is -2.10. The molecular formula is C13H10F2N4O2S. The van der Waals surface area contributed by atoms with E-state index in [1.807, 2.05) is 0 Å². The van der Waals surface area contributed by atoms with E-state index in [1.165, 1.54) is 12.3 Å². The van der Waals surface area contributed by atoms with Crippen LogP contribution in [0.25, 0.3) is 11.0 Å². The summed E-state index contributed by atoms with van der Waals surface area (Å²) in [4.78, 5) is 3.55. The molecule has 2 aromatic heterocycles. The summed E-state index contributed by atoms with van der Waals surface area (Å²) in [5, 5.41) is 6.84. The summed E-state index contributed by atoms with van der Waals surface area (Å²) in [6, 6.07) is 3.68. The van der Waals surface area contributed by atoms with Crippen LogP contribution in [-0.2, 0) is 15.6 Å². The van der Waals surface area contributed by atoms with E-state index < -0.39 is 32.1 Å². The van der Waals surface area contributed by atoms with Gasteiger partial charge in [0.1, 0.15) is 17.5 Å². The second-order valence-corrected chi connectivity index (χ2v) is 6.71. The Bertz CT molecular complexity index is 949. The molecule has 0 fully saturated rings. The molecule has 114 valence electrons. The van der Waals surface area contributed by atoms with Gasteiger partial charge >= 0.3 is 0 Å². The maximum Gasteiger partial charge on any atom is 0.183 e. The highest BCUT2D eigenvalue weighted by Crippen LogP contribution is 2.22. The number of nitrogens with zero attached hydrogens (tertiary/aromatic N) is 2. The summed E-state index contributed by atoms with van der Waals surface area (Å²) in [6.07, 6.45) is 1.33. The van der Waals surface area contributed by atoms with Gasteiger partial charge < -0.3 is 5.73 Å². The molecule has 0 aliphatic carbocycles. The Hall–Kier alpha value is -2.55. The smallest absolute Gasteiger partial charge is 0.183 e. The number of hydrogen-bond donors (Lipinski definition) is 2. The van der Waals surface area contributed by atoms with Gasteiger partial charge in [-0.25, -0.2) is 22.2 Å². The number of fused-ring (bicyclic) bond motifs is 1. The van der Waals surface area contributed by atoms with E-state index in [2.05, 4.69) is 15.2 Å². The molecule has 1 aromatic carbocycles. The quantitative estimate of drug-likeness (QED) is 0.765. The third-order valence-electron chi connectivity index (χ3n) is 3.05. The first-order valence-corrected chi connectivity index (χ1v) is 7.78. The largest absolute Gasteiger partial charge is 0.384 e. The molecule has 22 heavy (non-hydrogen) atoms. The highest BCUT2D eigenvalue weighted by molar-refractivity contribution is 7.90. The van der Waals surface area contributed by atoms with Gasteiger partial charge in [0.25, 0.3) is 0 Å². The highest BCUT2D eigenvalue weighted by atomic mass is 32.2. The molecule has 0 aliphatic heterocycles. The zero-order valence-electron chi connectivity index (χ0n) is 11.0. The van der Waals surface area contributed by atoms with Crippen LogP contribution < -0.4 is 5.73 Å². The third kappa shape index (κ3) is 2.62. The molecule has 3 aromatic rings. The van der Waals surface area contributed by atoms with Crippen LogP contribution in [0.15, 0.2) is 35.4 Å². The molecule has 0 saturated carbocycles. The lowest BCUT2D eigenvalue weighted by Gasteiger charge is -2.05. The summed E-state index contributed by atoms with van der Waals surface area (Å²) in [7, 11) is -3.91. The SMILES string of the molecule is Nc1[nH]nc2ncc(CS(=O)(=O)c3cc(F)cc(F)c3)cc12. The first-order chi connectivity index (χ1) is 10.3. The summed E-state index contributed by atoms with van der Waals surface area (Å²) in [5.41, 5.74) is 6.35. The number of benzene rings is 1. The predicted octanol–water partition coefficient (Wildman–Crippen LogP) is 1.79. The van der Waals surface area contributed by atoms with Crippen LogP contribution in [0.4, 0.5) is 14.6 Å². The molecule has 0 radical (unpaired) electrons. The van der Waals surface area contributed by atoms with Crippen molar-refractivity contribution in [1.82, 2.24) is 15.2 Å².